The summed E-state index contributed by atoms with van der Waals surface area (Å²) < 4.78 is 5.30. The third-order valence-corrected chi connectivity index (χ3v) is 2.83. The van der Waals surface area contributed by atoms with Gasteiger partial charge >= 0.3 is 0 Å². The van der Waals surface area contributed by atoms with Gasteiger partial charge < -0.3 is 9.64 Å². The highest BCUT2D eigenvalue weighted by Crippen LogP contribution is 2.41. The highest BCUT2D eigenvalue weighted by atomic mass is 16.5. The summed E-state index contributed by atoms with van der Waals surface area (Å²) in [5, 5.41) is 7.89. The Morgan fingerprint density at radius 3 is 2.79 bits per heavy atom. The molecule has 0 spiro atoms. The number of nitrogens with one attached hydrogen (secondary N) is 1. The Morgan fingerprint density at radius 1 is 1.43 bits per heavy atom. The van der Waals surface area contributed by atoms with Gasteiger partial charge in [0.05, 0.1) is 7.11 Å². The minimum absolute atomic E-state index is 0.131. The number of hydrogen-bond donors (Lipinski definition) is 1. The summed E-state index contributed by atoms with van der Waals surface area (Å²) in [7, 11) is 3.59. The second-order valence-electron chi connectivity index (χ2n) is 3.56. The summed E-state index contributed by atoms with van der Waals surface area (Å²) in [6, 6.07) is 5.93. The van der Waals surface area contributed by atoms with Crippen molar-refractivity contribution in [3.63, 3.8) is 0 Å². The van der Waals surface area contributed by atoms with Gasteiger partial charge in [0, 0.05) is 24.2 Å². The van der Waals surface area contributed by atoms with Crippen LogP contribution in [-0.4, -0.2) is 20.0 Å². The van der Waals surface area contributed by atoms with Gasteiger partial charge in [0.25, 0.3) is 0 Å². The van der Waals surface area contributed by atoms with Crippen LogP contribution in [0.3, 0.4) is 0 Å². The Hall–Kier alpha value is -1.51. The van der Waals surface area contributed by atoms with Crippen molar-refractivity contribution in [3.8, 4) is 5.75 Å². The number of rotatable bonds is 1. The average Bonchev–Trinajstić information content (AvgIpc) is 2.44. The Balaban J connectivity index is 2.62. The summed E-state index contributed by atoms with van der Waals surface area (Å²) in [6.45, 7) is 2.03. The zero-order chi connectivity index (χ0) is 10.3. The molecule has 1 N–H and O–H groups in total. The molecule has 1 aliphatic heterocycles. The van der Waals surface area contributed by atoms with Crippen LogP contribution in [0.4, 0.5) is 5.69 Å². The summed E-state index contributed by atoms with van der Waals surface area (Å²) in [6.07, 6.45) is 0. The van der Waals surface area contributed by atoms with Crippen LogP contribution in [0.5, 0.6) is 5.75 Å². The molecule has 0 aromatic heterocycles. The summed E-state index contributed by atoms with van der Waals surface area (Å²) in [4.78, 5) is 1.91. The number of benzene rings is 1. The molecular formula is C11H14N2O. The van der Waals surface area contributed by atoms with Crippen LogP contribution < -0.4 is 9.64 Å². The fraction of sp³-hybridized carbons (Fsp3) is 0.364. The molecule has 0 amide bonds. The Morgan fingerprint density at radius 2 is 2.14 bits per heavy atom. The second-order valence-corrected chi connectivity index (χ2v) is 3.56. The fourth-order valence-electron chi connectivity index (χ4n) is 2.00. The van der Waals surface area contributed by atoms with E-state index in [0.29, 0.717) is 5.84 Å². The van der Waals surface area contributed by atoms with Gasteiger partial charge in [-0.05, 0) is 12.1 Å². The highest BCUT2D eigenvalue weighted by Gasteiger charge is 2.31. The van der Waals surface area contributed by atoms with E-state index in [1.807, 2.05) is 37.1 Å². The van der Waals surface area contributed by atoms with Crippen molar-refractivity contribution in [2.24, 2.45) is 0 Å². The Kier molecular flexibility index (Phi) is 1.95. The van der Waals surface area contributed by atoms with E-state index in [4.69, 9.17) is 10.1 Å². The molecule has 1 aliphatic rings. The normalized spacial score (nSPS) is 19.8. The minimum Gasteiger partial charge on any atom is -0.496 e. The lowest BCUT2D eigenvalue weighted by Crippen LogP contribution is -2.21. The monoisotopic (exact) mass is 190 g/mol. The van der Waals surface area contributed by atoms with Gasteiger partial charge in [-0.15, -0.1) is 0 Å². The van der Waals surface area contributed by atoms with Crippen molar-refractivity contribution < 1.29 is 4.74 Å². The van der Waals surface area contributed by atoms with Crippen LogP contribution in [0.1, 0.15) is 18.4 Å². The average molecular weight is 190 g/mol. The minimum atomic E-state index is 0.131. The highest BCUT2D eigenvalue weighted by molar-refractivity contribution is 6.06. The summed E-state index contributed by atoms with van der Waals surface area (Å²) in [5.41, 5.74) is 2.21. The molecule has 2 rings (SSSR count). The topological polar surface area (TPSA) is 36.3 Å². The molecule has 1 atom stereocenters. The number of likely N-dealkylation sites (N-methyl/N-ethyl adjacent to an activating group) is 1. The Labute approximate surface area is 83.8 Å². The number of amidine groups is 1. The van der Waals surface area contributed by atoms with E-state index in [0.717, 1.165) is 17.0 Å². The van der Waals surface area contributed by atoms with Gasteiger partial charge in [-0.2, -0.15) is 0 Å². The van der Waals surface area contributed by atoms with Crippen molar-refractivity contribution >= 4 is 11.5 Å². The van der Waals surface area contributed by atoms with Crippen molar-refractivity contribution in [1.82, 2.24) is 0 Å². The van der Waals surface area contributed by atoms with E-state index in [1.54, 1.807) is 7.11 Å². The first kappa shape index (κ1) is 9.06. The van der Waals surface area contributed by atoms with Crippen LogP contribution in [0.2, 0.25) is 0 Å². The van der Waals surface area contributed by atoms with Gasteiger partial charge in [0.15, 0.2) is 0 Å². The molecule has 0 saturated carbocycles. The number of methoxy groups -OCH3 is 1. The molecule has 3 heteroatoms. The second kappa shape index (κ2) is 3.01. The predicted octanol–water partition coefficient (Wildman–Crippen LogP) is 2.23. The van der Waals surface area contributed by atoms with Crippen molar-refractivity contribution in [1.29, 1.82) is 5.41 Å². The lowest BCUT2D eigenvalue weighted by Gasteiger charge is -2.12. The van der Waals surface area contributed by atoms with E-state index in [9.17, 15) is 0 Å². The molecule has 0 radical (unpaired) electrons. The molecular weight excluding hydrogens is 176 g/mol. The molecule has 3 nitrogen and oxygen atoms in total. The third-order valence-electron chi connectivity index (χ3n) is 2.83. The molecule has 1 aromatic rings. The van der Waals surface area contributed by atoms with Crippen LogP contribution in [0.15, 0.2) is 18.2 Å². The largest absolute Gasteiger partial charge is 0.496 e. The number of nitrogens with zero attached hydrogens (tertiary/aromatic N) is 1. The number of fused-ring (bicyclic) bond motifs is 1. The molecule has 0 saturated heterocycles. The van der Waals surface area contributed by atoms with Gasteiger partial charge in [0.2, 0.25) is 0 Å². The first-order chi connectivity index (χ1) is 6.66. The summed E-state index contributed by atoms with van der Waals surface area (Å²) >= 11 is 0. The van der Waals surface area contributed by atoms with Crippen LogP contribution >= 0.6 is 0 Å². The van der Waals surface area contributed by atoms with E-state index < -0.39 is 0 Å². The molecule has 1 unspecified atom stereocenters. The van der Waals surface area contributed by atoms with Crippen molar-refractivity contribution in [3.05, 3.63) is 23.8 Å². The molecule has 0 aliphatic carbocycles. The van der Waals surface area contributed by atoms with Gasteiger partial charge in [-0.25, -0.2) is 0 Å². The van der Waals surface area contributed by atoms with E-state index in [2.05, 4.69) is 0 Å². The van der Waals surface area contributed by atoms with Crippen LogP contribution in [0, 0.1) is 5.41 Å². The quantitative estimate of drug-likeness (QED) is 0.737. The van der Waals surface area contributed by atoms with Crippen LogP contribution in [-0.2, 0) is 0 Å². The predicted molar refractivity (Wildman–Crippen MR) is 57.5 cm³/mol. The maximum atomic E-state index is 7.89. The van der Waals surface area contributed by atoms with Gasteiger partial charge in [0.1, 0.15) is 11.6 Å². The SMILES string of the molecule is COc1cccc2c1C(C)C(=N)N2C. The Bertz CT molecular complexity index is 387. The van der Waals surface area contributed by atoms with Crippen molar-refractivity contribution in [2.75, 3.05) is 19.1 Å². The third kappa shape index (κ3) is 1.02. The standard InChI is InChI=1S/C11H14N2O/c1-7-10-8(13(2)11(7)12)5-4-6-9(10)14-3/h4-7,12H,1-3H3. The smallest absolute Gasteiger partial charge is 0.124 e. The molecule has 0 fully saturated rings. The van der Waals surface area contributed by atoms with E-state index in [1.165, 1.54) is 0 Å². The van der Waals surface area contributed by atoms with E-state index in [-0.39, 0.29) is 5.92 Å². The zero-order valence-corrected chi connectivity index (χ0v) is 8.66. The molecule has 0 bridgehead atoms. The first-order valence-electron chi connectivity index (χ1n) is 4.66. The molecule has 74 valence electrons. The first-order valence-corrected chi connectivity index (χ1v) is 4.66. The van der Waals surface area contributed by atoms with E-state index >= 15 is 0 Å². The van der Waals surface area contributed by atoms with Gasteiger partial charge in [-0.1, -0.05) is 13.0 Å². The lowest BCUT2D eigenvalue weighted by atomic mass is 10.0. The lowest BCUT2D eigenvalue weighted by molar-refractivity contribution is 0.410. The zero-order valence-electron chi connectivity index (χ0n) is 8.66. The fourth-order valence-corrected chi connectivity index (χ4v) is 2.00. The molecule has 14 heavy (non-hydrogen) atoms. The maximum Gasteiger partial charge on any atom is 0.124 e. The number of hydrogen-bond acceptors (Lipinski definition) is 2. The maximum absolute atomic E-state index is 7.89. The van der Waals surface area contributed by atoms with Gasteiger partial charge in [-0.3, -0.25) is 5.41 Å². The molecule has 1 aromatic carbocycles. The summed E-state index contributed by atoms with van der Waals surface area (Å²) in [5.74, 6) is 1.64. The number of anilines is 1. The number of ether oxygens (including phenoxy) is 1. The molecule has 1 heterocycles. The van der Waals surface area contributed by atoms with Crippen molar-refractivity contribution in [2.45, 2.75) is 12.8 Å². The van der Waals surface area contributed by atoms with Crippen LogP contribution in [0.25, 0.3) is 0 Å².